The van der Waals surface area contributed by atoms with Gasteiger partial charge in [-0.25, -0.2) is 19.0 Å². The Morgan fingerprint density at radius 1 is 1.04 bits per heavy atom. The van der Waals surface area contributed by atoms with Crippen molar-refractivity contribution in [2.75, 3.05) is 0 Å². The van der Waals surface area contributed by atoms with Gasteiger partial charge in [0.05, 0.1) is 11.9 Å². The van der Waals surface area contributed by atoms with Crippen LogP contribution in [0.25, 0.3) is 17.2 Å². The summed E-state index contributed by atoms with van der Waals surface area (Å²) in [5.74, 6) is -0.686. The van der Waals surface area contributed by atoms with Crippen LogP contribution in [0.4, 0.5) is 17.6 Å². The molecule has 118 valence electrons. The molecule has 23 heavy (non-hydrogen) atoms. The number of rotatable bonds is 2. The summed E-state index contributed by atoms with van der Waals surface area (Å²) >= 11 is 0. The van der Waals surface area contributed by atoms with Crippen LogP contribution in [0, 0.1) is 12.7 Å². The Hall–Kier alpha value is -2.77. The maximum absolute atomic E-state index is 13.1. The largest absolute Gasteiger partial charge is 0.433 e. The molecular formula is C15H10F4N4. The molecule has 1 aromatic carbocycles. The van der Waals surface area contributed by atoms with Gasteiger partial charge in [-0.3, -0.25) is 0 Å². The SMILES string of the molecule is Cc1cnn(-c2nc(-c3ccc(F)cc3)cc(C(F)(F)F)n2)c1. The zero-order chi connectivity index (χ0) is 16.6. The van der Waals surface area contributed by atoms with Gasteiger partial charge in [-0.2, -0.15) is 18.3 Å². The molecule has 0 saturated carbocycles. The molecule has 0 aliphatic carbocycles. The molecule has 0 aliphatic heterocycles. The molecule has 0 amide bonds. The predicted octanol–water partition coefficient (Wildman–Crippen LogP) is 3.80. The van der Waals surface area contributed by atoms with Crippen molar-refractivity contribution < 1.29 is 17.6 Å². The van der Waals surface area contributed by atoms with Crippen LogP contribution < -0.4 is 0 Å². The molecule has 0 aliphatic rings. The second-order valence-electron chi connectivity index (χ2n) is 4.91. The van der Waals surface area contributed by atoms with E-state index in [0.29, 0.717) is 5.56 Å². The first kappa shape index (κ1) is 15.1. The van der Waals surface area contributed by atoms with E-state index in [2.05, 4.69) is 15.1 Å². The summed E-state index contributed by atoms with van der Waals surface area (Å²) in [4.78, 5) is 7.62. The van der Waals surface area contributed by atoms with E-state index in [-0.39, 0.29) is 11.6 Å². The van der Waals surface area contributed by atoms with E-state index < -0.39 is 17.7 Å². The zero-order valence-corrected chi connectivity index (χ0v) is 11.8. The van der Waals surface area contributed by atoms with Gasteiger partial charge in [0.2, 0.25) is 0 Å². The summed E-state index contributed by atoms with van der Waals surface area (Å²) < 4.78 is 53.4. The summed E-state index contributed by atoms with van der Waals surface area (Å²) in [6, 6.07) is 5.85. The average Bonchev–Trinajstić information content (AvgIpc) is 2.93. The molecule has 0 radical (unpaired) electrons. The van der Waals surface area contributed by atoms with E-state index in [1.165, 1.54) is 24.5 Å². The van der Waals surface area contributed by atoms with Crippen molar-refractivity contribution >= 4 is 0 Å². The fraction of sp³-hybridized carbons (Fsp3) is 0.133. The van der Waals surface area contributed by atoms with E-state index in [4.69, 9.17) is 0 Å². The third-order valence-corrected chi connectivity index (χ3v) is 3.06. The maximum Gasteiger partial charge on any atom is 0.433 e. The Kier molecular flexibility index (Phi) is 3.59. The maximum atomic E-state index is 13.1. The number of aromatic nitrogens is 4. The van der Waals surface area contributed by atoms with Crippen molar-refractivity contribution in [2.45, 2.75) is 13.1 Å². The number of hydrogen-bond acceptors (Lipinski definition) is 3. The Balaban J connectivity index is 2.17. The van der Waals surface area contributed by atoms with Crippen molar-refractivity contribution in [3.8, 4) is 17.2 Å². The fourth-order valence-corrected chi connectivity index (χ4v) is 1.97. The highest BCUT2D eigenvalue weighted by molar-refractivity contribution is 5.60. The molecule has 2 aromatic heterocycles. The van der Waals surface area contributed by atoms with Crippen LogP contribution in [0.2, 0.25) is 0 Å². The lowest BCUT2D eigenvalue weighted by molar-refractivity contribution is -0.141. The second-order valence-corrected chi connectivity index (χ2v) is 4.91. The number of halogens is 4. The standard InChI is InChI=1S/C15H10F4N4/c1-9-7-20-23(8-9)14-21-12(6-13(22-14)15(17,18)19)10-2-4-11(16)5-3-10/h2-8H,1H3. The van der Waals surface area contributed by atoms with Gasteiger partial charge < -0.3 is 0 Å². The summed E-state index contributed by atoms with van der Waals surface area (Å²) in [6.45, 7) is 1.75. The van der Waals surface area contributed by atoms with Gasteiger partial charge in [0.25, 0.3) is 5.95 Å². The third kappa shape index (κ3) is 3.20. The average molecular weight is 322 g/mol. The Morgan fingerprint density at radius 2 is 1.74 bits per heavy atom. The predicted molar refractivity (Wildman–Crippen MR) is 74.3 cm³/mol. The number of benzene rings is 1. The minimum atomic E-state index is -4.63. The Bertz CT molecular complexity index is 837. The van der Waals surface area contributed by atoms with Crippen molar-refractivity contribution in [1.82, 2.24) is 19.7 Å². The molecular weight excluding hydrogens is 312 g/mol. The van der Waals surface area contributed by atoms with Crippen molar-refractivity contribution in [2.24, 2.45) is 0 Å². The molecule has 0 atom stereocenters. The molecule has 0 spiro atoms. The van der Waals surface area contributed by atoms with Crippen LogP contribution in [-0.4, -0.2) is 19.7 Å². The minimum absolute atomic E-state index is 0.0375. The van der Waals surface area contributed by atoms with Crippen LogP contribution >= 0.6 is 0 Å². The van der Waals surface area contributed by atoms with Gasteiger partial charge in [0.1, 0.15) is 5.82 Å². The van der Waals surface area contributed by atoms with Crippen molar-refractivity contribution in [3.05, 3.63) is 59.8 Å². The van der Waals surface area contributed by atoms with Gasteiger partial charge in [-0.15, -0.1) is 0 Å². The lowest BCUT2D eigenvalue weighted by Gasteiger charge is -2.10. The van der Waals surface area contributed by atoms with Crippen LogP contribution in [-0.2, 0) is 6.18 Å². The van der Waals surface area contributed by atoms with Crippen LogP contribution in [0.5, 0.6) is 0 Å². The zero-order valence-electron chi connectivity index (χ0n) is 11.8. The topological polar surface area (TPSA) is 43.6 Å². The van der Waals surface area contributed by atoms with E-state index in [1.807, 2.05) is 0 Å². The van der Waals surface area contributed by atoms with Crippen molar-refractivity contribution in [3.63, 3.8) is 0 Å². The molecule has 0 bridgehead atoms. The Morgan fingerprint density at radius 3 is 2.30 bits per heavy atom. The molecule has 3 aromatic rings. The highest BCUT2D eigenvalue weighted by Crippen LogP contribution is 2.30. The van der Waals surface area contributed by atoms with E-state index >= 15 is 0 Å². The quantitative estimate of drug-likeness (QED) is 0.674. The van der Waals surface area contributed by atoms with E-state index in [9.17, 15) is 17.6 Å². The second kappa shape index (κ2) is 5.45. The highest BCUT2D eigenvalue weighted by Gasteiger charge is 2.34. The van der Waals surface area contributed by atoms with Gasteiger partial charge in [0.15, 0.2) is 5.69 Å². The van der Waals surface area contributed by atoms with E-state index in [0.717, 1.165) is 28.4 Å². The number of hydrogen-bond donors (Lipinski definition) is 0. The summed E-state index contributed by atoms with van der Waals surface area (Å²) in [6.07, 6.45) is -1.63. The van der Waals surface area contributed by atoms with Gasteiger partial charge in [-0.1, -0.05) is 0 Å². The number of aryl methyl sites for hydroxylation is 1. The van der Waals surface area contributed by atoms with E-state index in [1.54, 1.807) is 6.92 Å². The lowest BCUT2D eigenvalue weighted by atomic mass is 10.1. The Labute approximate surface area is 128 Å². The lowest BCUT2D eigenvalue weighted by Crippen LogP contribution is -2.13. The molecule has 2 heterocycles. The molecule has 0 N–H and O–H groups in total. The molecule has 0 fully saturated rings. The molecule has 4 nitrogen and oxygen atoms in total. The summed E-state index contributed by atoms with van der Waals surface area (Å²) in [7, 11) is 0. The molecule has 8 heteroatoms. The van der Waals surface area contributed by atoms with Crippen LogP contribution in [0.15, 0.2) is 42.7 Å². The van der Waals surface area contributed by atoms with Gasteiger partial charge in [0, 0.05) is 11.8 Å². The summed E-state index contributed by atoms with van der Waals surface area (Å²) in [5.41, 5.74) is 0.0595. The highest BCUT2D eigenvalue weighted by atomic mass is 19.4. The molecule has 3 rings (SSSR count). The first-order valence-electron chi connectivity index (χ1n) is 6.57. The van der Waals surface area contributed by atoms with Gasteiger partial charge in [-0.05, 0) is 42.8 Å². The first-order valence-corrected chi connectivity index (χ1v) is 6.57. The fourth-order valence-electron chi connectivity index (χ4n) is 1.97. The summed E-state index contributed by atoms with van der Waals surface area (Å²) in [5, 5.41) is 3.92. The normalized spacial score (nSPS) is 11.7. The van der Waals surface area contributed by atoms with Crippen molar-refractivity contribution in [1.29, 1.82) is 0 Å². The molecule has 0 saturated heterocycles. The van der Waals surface area contributed by atoms with Crippen LogP contribution in [0.3, 0.4) is 0 Å². The third-order valence-electron chi connectivity index (χ3n) is 3.06. The molecule has 0 unspecified atom stereocenters. The monoisotopic (exact) mass is 322 g/mol. The van der Waals surface area contributed by atoms with Crippen LogP contribution in [0.1, 0.15) is 11.3 Å². The number of nitrogens with zero attached hydrogens (tertiary/aromatic N) is 4. The number of alkyl halides is 3. The minimum Gasteiger partial charge on any atom is -0.211 e. The first-order chi connectivity index (χ1) is 10.8. The van der Waals surface area contributed by atoms with Gasteiger partial charge >= 0.3 is 6.18 Å². The smallest absolute Gasteiger partial charge is 0.211 e.